The number of amides is 1. The Balaban J connectivity index is 1.47. The Labute approximate surface area is 189 Å². The van der Waals surface area contributed by atoms with Crippen molar-refractivity contribution in [2.24, 2.45) is 11.8 Å². The molecule has 1 saturated carbocycles. The largest absolute Gasteiger partial charge is 0.353 e. The Morgan fingerprint density at radius 1 is 1.12 bits per heavy atom. The van der Waals surface area contributed by atoms with Crippen LogP contribution in [-0.2, 0) is 11.3 Å². The van der Waals surface area contributed by atoms with Gasteiger partial charge in [-0.15, -0.1) is 0 Å². The standard InChI is InChI=1S/C26H34N4O2/c1-17-10-8-13-23(18(17)2)28-24(31)14-9-15-29-19(3)22-16-27-30(21-11-6-5-7-12-21)26(32)25(22)20(29)4/h5-7,11-12,16-18,23H,8-10,13-15H2,1-4H3,(H,28,31)/t17-,18-,23-/m1/s1. The highest BCUT2D eigenvalue weighted by Crippen LogP contribution is 2.29. The number of para-hydroxylation sites is 1. The monoisotopic (exact) mass is 434 g/mol. The number of hydrogen-bond donors (Lipinski definition) is 1. The van der Waals surface area contributed by atoms with E-state index in [0.717, 1.165) is 35.3 Å². The average molecular weight is 435 g/mol. The van der Waals surface area contributed by atoms with Crippen molar-refractivity contribution in [3.8, 4) is 5.69 Å². The van der Waals surface area contributed by atoms with Gasteiger partial charge in [-0.25, -0.2) is 0 Å². The zero-order chi connectivity index (χ0) is 22.8. The quantitative estimate of drug-likeness (QED) is 0.620. The third-order valence-electron chi connectivity index (χ3n) is 7.38. The lowest BCUT2D eigenvalue weighted by atomic mass is 9.78. The molecule has 4 rings (SSSR count). The first-order valence-corrected chi connectivity index (χ1v) is 11.8. The molecule has 3 atom stereocenters. The van der Waals surface area contributed by atoms with E-state index in [9.17, 15) is 9.59 Å². The smallest absolute Gasteiger partial charge is 0.281 e. The predicted molar refractivity (Wildman–Crippen MR) is 128 cm³/mol. The molecule has 0 radical (unpaired) electrons. The molecule has 0 spiro atoms. The van der Waals surface area contributed by atoms with Gasteiger partial charge >= 0.3 is 0 Å². The van der Waals surface area contributed by atoms with Crippen LogP contribution in [0.3, 0.4) is 0 Å². The van der Waals surface area contributed by atoms with Crippen LogP contribution in [0.1, 0.15) is 57.3 Å². The molecular weight excluding hydrogens is 400 g/mol. The van der Waals surface area contributed by atoms with Crippen LogP contribution in [0.25, 0.3) is 16.5 Å². The summed E-state index contributed by atoms with van der Waals surface area (Å²) in [5.74, 6) is 1.34. The normalized spacial score (nSPS) is 21.1. The van der Waals surface area contributed by atoms with E-state index >= 15 is 0 Å². The van der Waals surface area contributed by atoms with Gasteiger partial charge in [0, 0.05) is 35.8 Å². The van der Waals surface area contributed by atoms with Gasteiger partial charge in [-0.05, 0) is 50.7 Å². The number of benzene rings is 1. The van der Waals surface area contributed by atoms with Crippen molar-refractivity contribution < 1.29 is 4.79 Å². The fourth-order valence-corrected chi connectivity index (χ4v) is 5.16. The number of carbonyl (C=O) groups is 1. The van der Waals surface area contributed by atoms with Gasteiger partial charge in [-0.3, -0.25) is 9.59 Å². The van der Waals surface area contributed by atoms with E-state index in [2.05, 4.69) is 28.8 Å². The van der Waals surface area contributed by atoms with Gasteiger partial charge in [0.2, 0.25) is 5.91 Å². The zero-order valence-corrected chi connectivity index (χ0v) is 19.6. The van der Waals surface area contributed by atoms with Crippen molar-refractivity contribution in [1.29, 1.82) is 0 Å². The van der Waals surface area contributed by atoms with Crippen LogP contribution in [-0.4, -0.2) is 26.3 Å². The summed E-state index contributed by atoms with van der Waals surface area (Å²) >= 11 is 0. The maximum Gasteiger partial charge on any atom is 0.281 e. The molecule has 6 heteroatoms. The second kappa shape index (κ2) is 9.31. The number of aromatic nitrogens is 3. The van der Waals surface area contributed by atoms with Crippen LogP contribution in [0.15, 0.2) is 41.3 Å². The molecule has 1 aromatic carbocycles. The molecule has 0 saturated heterocycles. The Bertz CT molecular complexity index is 1160. The molecular formula is C26H34N4O2. The van der Waals surface area contributed by atoms with E-state index in [-0.39, 0.29) is 11.5 Å². The number of carbonyl (C=O) groups excluding carboxylic acids is 1. The molecule has 3 aromatic rings. The van der Waals surface area contributed by atoms with Crippen LogP contribution in [0.2, 0.25) is 0 Å². The highest BCUT2D eigenvalue weighted by atomic mass is 16.1. The summed E-state index contributed by atoms with van der Waals surface area (Å²) in [6.07, 6.45) is 6.55. The van der Waals surface area contributed by atoms with E-state index in [1.165, 1.54) is 17.5 Å². The van der Waals surface area contributed by atoms with Crippen LogP contribution in [0.5, 0.6) is 0 Å². The van der Waals surface area contributed by atoms with Gasteiger partial charge in [0.25, 0.3) is 5.56 Å². The SMILES string of the molecule is Cc1c2cnn(-c3ccccc3)c(=O)c2c(C)n1CCCC(=O)N[C@@H]1CCC[C@@H](C)[C@H]1C. The number of hydrogen-bond acceptors (Lipinski definition) is 3. The number of rotatable bonds is 6. The Kier molecular flexibility index (Phi) is 6.49. The Hall–Kier alpha value is -2.89. The molecule has 1 N–H and O–H groups in total. The van der Waals surface area contributed by atoms with Gasteiger partial charge in [-0.1, -0.05) is 44.9 Å². The number of fused-ring (bicyclic) bond motifs is 1. The molecule has 6 nitrogen and oxygen atoms in total. The number of aryl methyl sites for hydroxylation is 2. The van der Waals surface area contributed by atoms with Crippen molar-refractivity contribution in [1.82, 2.24) is 19.7 Å². The van der Waals surface area contributed by atoms with Gasteiger partial charge < -0.3 is 9.88 Å². The van der Waals surface area contributed by atoms with E-state index in [0.29, 0.717) is 36.2 Å². The first kappa shape index (κ1) is 22.3. The summed E-state index contributed by atoms with van der Waals surface area (Å²) in [5.41, 5.74) is 2.61. The number of nitrogens with one attached hydrogen (secondary N) is 1. The lowest BCUT2D eigenvalue weighted by molar-refractivity contribution is -0.122. The van der Waals surface area contributed by atoms with Crippen molar-refractivity contribution in [3.05, 3.63) is 58.3 Å². The molecule has 2 heterocycles. The molecule has 32 heavy (non-hydrogen) atoms. The third-order valence-corrected chi connectivity index (χ3v) is 7.38. The summed E-state index contributed by atoms with van der Waals surface area (Å²) in [7, 11) is 0. The van der Waals surface area contributed by atoms with Crippen molar-refractivity contribution in [2.45, 2.75) is 72.4 Å². The average Bonchev–Trinajstić information content (AvgIpc) is 3.03. The fourth-order valence-electron chi connectivity index (χ4n) is 5.16. The molecule has 1 fully saturated rings. The first-order valence-electron chi connectivity index (χ1n) is 11.8. The summed E-state index contributed by atoms with van der Waals surface area (Å²) in [4.78, 5) is 25.8. The van der Waals surface area contributed by atoms with Gasteiger partial charge in [0.1, 0.15) is 0 Å². The van der Waals surface area contributed by atoms with Gasteiger partial charge in [-0.2, -0.15) is 9.78 Å². The first-order chi connectivity index (χ1) is 15.4. The van der Waals surface area contributed by atoms with E-state index in [1.54, 1.807) is 6.20 Å². The molecule has 1 amide bonds. The summed E-state index contributed by atoms with van der Waals surface area (Å²) < 4.78 is 3.61. The molecule has 170 valence electrons. The van der Waals surface area contributed by atoms with E-state index in [4.69, 9.17) is 0 Å². The summed E-state index contributed by atoms with van der Waals surface area (Å²) in [6, 6.07) is 9.78. The summed E-state index contributed by atoms with van der Waals surface area (Å²) in [6.45, 7) is 9.25. The minimum Gasteiger partial charge on any atom is -0.353 e. The van der Waals surface area contributed by atoms with E-state index in [1.807, 2.05) is 44.2 Å². The van der Waals surface area contributed by atoms with Crippen LogP contribution >= 0.6 is 0 Å². The number of nitrogens with zero attached hydrogens (tertiary/aromatic N) is 3. The lowest BCUT2D eigenvalue weighted by Gasteiger charge is -2.34. The zero-order valence-electron chi connectivity index (χ0n) is 19.6. The Morgan fingerprint density at radius 2 is 1.88 bits per heavy atom. The van der Waals surface area contributed by atoms with Crippen molar-refractivity contribution in [3.63, 3.8) is 0 Å². The maximum atomic E-state index is 13.2. The van der Waals surface area contributed by atoms with Crippen LogP contribution in [0.4, 0.5) is 0 Å². The molecule has 0 unspecified atom stereocenters. The van der Waals surface area contributed by atoms with Crippen LogP contribution in [0, 0.1) is 25.7 Å². The maximum absolute atomic E-state index is 13.2. The molecule has 1 aliphatic carbocycles. The van der Waals surface area contributed by atoms with Gasteiger partial charge in [0.15, 0.2) is 0 Å². The summed E-state index contributed by atoms with van der Waals surface area (Å²) in [5, 5.41) is 9.26. The minimum atomic E-state index is -0.105. The lowest BCUT2D eigenvalue weighted by Crippen LogP contribution is -2.43. The molecule has 1 aliphatic rings. The third kappa shape index (κ3) is 4.23. The minimum absolute atomic E-state index is 0.105. The van der Waals surface area contributed by atoms with E-state index < -0.39 is 0 Å². The molecule has 0 bridgehead atoms. The van der Waals surface area contributed by atoms with Gasteiger partial charge in [0.05, 0.1) is 17.3 Å². The van der Waals surface area contributed by atoms with Crippen LogP contribution < -0.4 is 10.9 Å². The Morgan fingerprint density at radius 3 is 2.62 bits per heavy atom. The topological polar surface area (TPSA) is 68.9 Å². The highest BCUT2D eigenvalue weighted by molar-refractivity contribution is 5.87. The molecule has 2 aromatic heterocycles. The van der Waals surface area contributed by atoms with Crippen molar-refractivity contribution >= 4 is 16.7 Å². The molecule has 0 aliphatic heterocycles. The predicted octanol–water partition coefficient (Wildman–Crippen LogP) is 4.53. The second-order valence-electron chi connectivity index (χ2n) is 9.35. The highest BCUT2D eigenvalue weighted by Gasteiger charge is 2.28. The second-order valence-corrected chi connectivity index (χ2v) is 9.35. The van der Waals surface area contributed by atoms with Crippen molar-refractivity contribution in [2.75, 3.05) is 0 Å². The fraction of sp³-hybridized carbons (Fsp3) is 0.500.